The van der Waals surface area contributed by atoms with Gasteiger partial charge in [0.05, 0.1) is 0 Å². The molecule has 0 amide bonds. The van der Waals surface area contributed by atoms with Crippen molar-refractivity contribution >= 4 is 0 Å². The first-order valence-electron chi connectivity index (χ1n) is 5.31. The summed E-state index contributed by atoms with van der Waals surface area (Å²) >= 11 is 0. The summed E-state index contributed by atoms with van der Waals surface area (Å²) in [5.41, 5.74) is 4.31. The molecular formula is C14H19. The minimum Gasteiger partial charge on any atom is -0.102 e. The van der Waals surface area contributed by atoms with Crippen LogP contribution in [0.5, 0.6) is 0 Å². The van der Waals surface area contributed by atoms with Crippen molar-refractivity contribution in [1.82, 2.24) is 0 Å². The highest BCUT2D eigenvalue weighted by molar-refractivity contribution is 5.45. The lowest BCUT2D eigenvalue weighted by Crippen LogP contribution is -2.00. The van der Waals surface area contributed by atoms with Gasteiger partial charge < -0.3 is 0 Å². The van der Waals surface area contributed by atoms with Crippen molar-refractivity contribution in [3.05, 3.63) is 53.5 Å². The summed E-state index contributed by atoms with van der Waals surface area (Å²) in [7, 11) is 0. The van der Waals surface area contributed by atoms with E-state index in [2.05, 4.69) is 45.5 Å². The van der Waals surface area contributed by atoms with Crippen LogP contribution in [0.2, 0.25) is 0 Å². The molecule has 0 spiro atoms. The van der Waals surface area contributed by atoms with Crippen molar-refractivity contribution in [2.24, 2.45) is 0 Å². The lowest BCUT2D eigenvalue weighted by molar-refractivity contribution is 1.01. The maximum Gasteiger partial charge on any atom is 0.0233 e. The van der Waals surface area contributed by atoms with E-state index in [1.807, 2.05) is 6.08 Å². The van der Waals surface area contributed by atoms with Gasteiger partial charge in [0.15, 0.2) is 0 Å². The van der Waals surface area contributed by atoms with Crippen LogP contribution < -0.4 is 0 Å². The Morgan fingerprint density at radius 2 is 2.00 bits per heavy atom. The Labute approximate surface area is 87.7 Å². The van der Waals surface area contributed by atoms with Crippen molar-refractivity contribution in [3.8, 4) is 0 Å². The molecule has 0 aliphatic carbocycles. The molecule has 75 valence electrons. The highest BCUT2D eigenvalue weighted by Gasteiger charge is 2.09. The van der Waals surface area contributed by atoms with E-state index >= 15 is 0 Å². The number of rotatable bonds is 4. The van der Waals surface area contributed by atoms with Crippen LogP contribution in [0.3, 0.4) is 0 Å². The van der Waals surface area contributed by atoms with E-state index < -0.39 is 0 Å². The van der Waals surface area contributed by atoms with E-state index in [-0.39, 0.29) is 0 Å². The number of benzene rings is 1. The van der Waals surface area contributed by atoms with E-state index in [4.69, 9.17) is 0 Å². The van der Waals surface area contributed by atoms with E-state index in [1.54, 1.807) is 0 Å². The lowest BCUT2D eigenvalue weighted by atomic mass is 9.90. The molecule has 0 heterocycles. The van der Waals surface area contributed by atoms with E-state index in [1.165, 1.54) is 22.6 Å². The molecule has 0 aliphatic heterocycles. The summed E-state index contributed by atoms with van der Waals surface area (Å²) < 4.78 is 0. The number of hydrogen-bond acceptors (Lipinski definition) is 0. The molecule has 0 bridgehead atoms. The topological polar surface area (TPSA) is 0 Å². The standard InChI is InChI=1S/C14H19/c1-5-11(4)14-10-8-9-12(6-2)13(14)7-3/h5,8-10H,1,6-7H2,2-4H3. The fourth-order valence-corrected chi connectivity index (χ4v) is 1.86. The molecule has 1 radical (unpaired) electrons. The molecule has 0 saturated heterocycles. The van der Waals surface area contributed by atoms with Gasteiger partial charge in [-0.3, -0.25) is 0 Å². The van der Waals surface area contributed by atoms with Gasteiger partial charge in [0.1, 0.15) is 0 Å². The molecule has 0 aliphatic rings. The van der Waals surface area contributed by atoms with Gasteiger partial charge in [-0.1, -0.05) is 45.0 Å². The minimum absolute atomic E-state index is 1.10. The maximum atomic E-state index is 3.83. The smallest absolute Gasteiger partial charge is 0.0233 e. The largest absolute Gasteiger partial charge is 0.102 e. The molecule has 0 atom stereocenters. The van der Waals surface area contributed by atoms with E-state index in [9.17, 15) is 0 Å². The van der Waals surface area contributed by atoms with Crippen molar-refractivity contribution < 1.29 is 0 Å². The van der Waals surface area contributed by atoms with Gasteiger partial charge in [0, 0.05) is 5.92 Å². The average molecular weight is 187 g/mol. The first-order chi connectivity index (χ1) is 6.74. The quantitative estimate of drug-likeness (QED) is 0.669. The van der Waals surface area contributed by atoms with Crippen LogP contribution in [0.25, 0.3) is 0 Å². The first-order valence-corrected chi connectivity index (χ1v) is 5.31. The molecule has 14 heavy (non-hydrogen) atoms. The molecular weight excluding hydrogens is 168 g/mol. The second-order valence-electron chi connectivity index (χ2n) is 3.54. The van der Waals surface area contributed by atoms with Gasteiger partial charge in [-0.2, -0.15) is 0 Å². The summed E-state index contributed by atoms with van der Waals surface area (Å²) in [6.45, 7) is 10.4. The van der Waals surface area contributed by atoms with Crippen molar-refractivity contribution in [2.45, 2.75) is 33.6 Å². The first kappa shape index (κ1) is 11.0. The Bertz CT molecular complexity index is 310. The second-order valence-corrected chi connectivity index (χ2v) is 3.54. The summed E-state index contributed by atoms with van der Waals surface area (Å²) in [5.74, 6) is 1.28. The average Bonchev–Trinajstić information content (AvgIpc) is 2.26. The third-order valence-corrected chi connectivity index (χ3v) is 2.74. The van der Waals surface area contributed by atoms with Gasteiger partial charge in [0.25, 0.3) is 0 Å². The molecule has 0 heteroatoms. The van der Waals surface area contributed by atoms with Crippen LogP contribution in [-0.4, -0.2) is 0 Å². The summed E-state index contributed by atoms with van der Waals surface area (Å²) in [6.07, 6.45) is 4.15. The van der Waals surface area contributed by atoms with Crippen LogP contribution in [-0.2, 0) is 12.8 Å². The zero-order chi connectivity index (χ0) is 10.6. The molecule has 1 aromatic carbocycles. The zero-order valence-corrected chi connectivity index (χ0v) is 9.43. The van der Waals surface area contributed by atoms with Crippen molar-refractivity contribution in [1.29, 1.82) is 0 Å². The van der Waals surface area contributed by atoms with Gasteiger partial charge >= 0.3 is 0 Å². The molecule has 0 fully saturated rings. The molecule has 0 aromatic heterocycles. The van der Waals surface area contributed by atoms with Gasteiger partial charge in [-0.15, -0.1) is 6.58 Å². The Hall–Kier alpha value is -1.04. The van der Waals surface area contributed by atoms with Crippen molar-refractivity contribution in [3.63, 3.8) is 0 Å². The van der Waals surface area contributed by atoms with Crippen LogP contribution >= 0.6 is 0 Å². The molecule has 0 N–H and O–H groups in total. The number of allylic oxidation sites excluding steroid dienone is 1. The highest BCUT2D eigenvalue weighted by Crippen LogP contribution is 2.23. The van der Waals surface area contributed by atoms with Crippen molar-refractivity contribution in [2.75, 3.05) is 0 Å². The zero-order valence-electron chi connectivity index (χ0n) is 9.43. The summed E-state index contributed by atoms with van der Waals surface area (Å²) in [5, 5.41) is 0. The molecule has 0 saturated carbocycles. The lowest BCUT2D eigenvalue weighted by Gasteiger charge is -2.15. The molecule has 0 nitrogen and oxygen atoms in total. The molecule has 0 unspecified atom stereocenters. The van der Waals surface area contributed by atoms with Gasteiger partial charge in [0.2, 0.25) is 0 Å². The number of hydrogen-bond donors (Lipinski definition) is 0. The monoisotopic (exact) mass is 187 g/mol. The Kier molecular flexibility index (Phi) is 3.94. The molecule has 1 rings (SSSR count). The normalized spacial score (nSPS) is 10.6. The van der Waals surface area contributed by atoms with E-state index in [0.29, 0.717) is 0 Å². The van der Waals surface area contributed by atoms with Crippen LogP contribution in [0.4, 0.5) is 0 Å². The van der Waals surface area contributed by atoms with Crippen LogP contribution in [0.1, 0.15) is 37.5 Å². The van der Waals surface area contributed by atoms with E-state index in [0.717, 1.165) is 12.8 Å². The number of aryl methyl sites for hydroxylation is 1. The fraction of sp³-hybridized carbons (Fsp3) is 0.357. The Morgan fingerprint density at radius 3 is 2.50 bits per heavy atom. The SMILES string of the molecule is C=C[C](C)c1cccc(CC)c1CC. The van der Waals surface area contributed by atoms with Crippen LogP contribution in [0.15, 0.2) is 30.9 Å². The predicted octanol–water partition coefficient (Wildman–Crippen LogP) is 3.94. The highest BCUT2D eigenvalue weighted by atomic mass is 14.1. The third-order valence-electron chi connectivity index (χ3n) is 2.74. The summed E-state index contributed by atoms with van der Waals surface area (Å²) in [4.78, 5) is 0. The Balaban J connectivity index is 3.21. The van der Waals surface area contributed by atoms with Crippen LogP contribution in [0, 0.1) is 5.92 Å². The predicted molar refractivity (Wildman–Crippen MR) is 63.4 cm³/mol. The third kappa shape index (κ3) is 2.06. The fourth-order valence-electron chi connectivity index (χ4n) is 1.86. The second kappa shape index (κ2) is 4.99. The Morgan fingerprint density at radius 1 is 1.29 bits per heavy atom. The molecule has 1 aromatic rings. The maximum absolute atomic E-state index is 3.83. The minimum atomic E-state index is 1.10. The van der Waals surface area contributed by atoms with Gasteiger partial charge in [-0.25, -0.2) is 0 Å². The summed E-state index contributed by atoms with van der Waals surface area (Å²) in [6, 6.07) is 6.55. The van der Waals surface area contributed by atoms with Gasteiger partial charge in [-0.05, 0) is 29.5 Å².